The first-order chi connectivity index (χ1) is 11.3. The van der Waals surface area contributed by atoms with Crippen LogP contribution < -0.4 is 4.74 Å². The average Bonchev–Trinajstić information content (AvgIpc) is 2.52. The van der Waals surface area contributed by atoms with Crippen LogP contribution in [0.3, 0.4) is 0 Å². The van der Waals surface area contributed by atoms with Crippen molar-refractivity contribution in [3.63, 3.8) is 0 Å². The molecule has 3 nitrogen and oxygen atoms in total. The quantitative estimate of drug-likeness (QED) is 0.714. The SMILES string of the molecule is Cc1cc(Cl)ccc1OC(CCC1=CCC2CC1C2(C)C)C(=O)O. The molecule has 0 aromatic heterocycles. The van der Waals surface area contributed by atoms with E-state index in [1.54, 1.807) is 18.2 Å². The van der Waals surface area contributed by atoms with Gasteiger partial charge in [-0.25, -0.2) is 4.79 Å². The van der Waals surface area contributed by atoms with E-state index in [1.807, 2.05) is 6.92 Å². The molecule has 0 aliphatic heterocycles. The number of carboxylic acids is 1. The third-order valence-electron chi connectivity index (χ3n) is 5.96. The second-order valence-corrected chi connectivity index (χ2v) is 8.15. The number of ether oxygens (including phenoxy) is 1. The van der Waals surface area contributed by atoms with Crippen LogP contribution in [0, 0.1) is 24.2 Å². The van der Waals surface area contributed by atoms with Crippen LogP contribution in [0.4, 0.5) is 0 Å². The molecular weight excluding hydrogens is 324 g/mol. The summed E-state index contributed by atoms with van der Waals surface area (Å²) in [5, 5.41) is 10.1. The highest BCUT2D eigenvalue weighted by atomic mass is 35.5. The third kappa shape index (κ3) is 3.19. The number of fused-ring (bicyclic) bond motifs is 1. The Bertz CT molecular complexity index is 677. The molecule has 3 aliphatic rings. The largest absolute Gasteiger partial charge is 0.479 e. The van der Waals surface area contributed by atoms with E-state index in [-0.39, 0.29) is 0 Å². The van der Waals surface area contributed by atoms with Crippen molar-refractivity contribution < 1.29 is 14.6 Å². The number of aryl methyl sites for hydroxylation is 1. The van der Waals surface area contributed by atoms with Crippen molar-refractivity contribution in [3.05, 3.63) is 40.4 Å². The molecule has 1 fully saturated rings. The van der Waals surface area contributed by atoms with Gasteiger partial charge in [0.25, 0.3) is 0 Å². The predicted molar refractivity (Wildman–Crippen MR) is 95.6 cm³/mol. The van der Waals surface area contributed by atoms with Crippen molar-refractivity contribution in [2.24, 2.45) is 17.3 Å². The fourth-order valence-electron chi connectivity index (χ4n) is 4.19. The molecule has 0 saturated heterocycles. The molecule has 1 saturated carbocycles. The summed E-state index contributed by atoms with van der Waals surface area (Å²) in [5.74, 6) is 1.09. The molecule has 4 heteroatoms. The van der Waals surface area contributed by atoms with Gasteiger partial charge >= 0.3 is 5.97 Å². The molecule has 0 radical (unpaired) electrons. The zero-order chi connectivity index (χ0) is 17.5. The Morgan fingerprint density at radius 1 is 1.46 bits per heavy atom. The fourth-order valence-corrected chi connectivity index (χ4v) is 4.41. The molecule has 130 valence electrons. The number of hydrogen-bond acceptors (Lipinski definition) is 2. The standard InChI is InChI=1S/C20H25ClO3/c1-12-10-15(21)7-9-17(12)24-18(19(22)23)8-5-13-4-6-14-11-16(13)20(14,2)3/h4,7,9-10,14,16,18H,5-6,8,11H2,1-3H3,(H,22,23). The lowest BCUT2D eigenvalue weighted by molar-refractivity contribution is -0.145. The average molecular weight is 349 g/mol. The van der Waals surface area contributed by atoms with E-state index in [0.29, 0.717) is 28.5 Å². The topological polar surface area (TPSA) is 46.5 Å². The zero-order valence-electron chi connectivity index (χ0n) is 14.5. The van der Waals surface area contributed by atoms with E-state index >= 15 is 0 Å². The Morgan fingerprint density at radius 2 is 2.21 bits per heavy atom. The van der Waals surface area contributed by atoms with E-state index in [9.17, 15) is 9.90 Å². The first-order valence-electron chi connectivity index (χ1n) is 8.63. The van der Waals surface area contributed by atoms with Crippen LogP contribution in [0.15, 0.2) is 29.8 Å². The number of carboxylic acid groups (broad SMARTS) is 1. The lowest BCUT2D eigenvalue weighted by Crippen LogP contribution is -2.48. The number of carbonyl (C=O) groups is 1. The van der Waals surface area contributed by atoms with Gasteiger partial charge in [-0.1, -0.05) is 37.1 Å². The van der Waals surface area contributed by atoms with Crippen molar-refractivity contribution in [3.8, 4) is 5.75 Å². The summed E-state index contributed by atoms with van der Waals surface area (Å²) in [6, 6.07) is 5.26. The van der Waals surface area contributed by atoms with Gasteiger partial charge in [0.05, 0.1) is 0 Å². The van der Waals surface area contributed by atoms with Crippen molar-refractivity contribution in [2.75, 3.05) is 0 Å². The monoisotopic (exact) mass is 348 g/mol. The van der Waals surface area contributed by atoms with Gasteiger partial charge in [0.15, 0.2) is 6.10 Å². The van der Waals surface area contributed by atoms with Crippen LogP contribution in [0.25, 0.3) is 0 Å². The Kier molecular flexibility index (Phi) is 4.65. The Morgan fingerprint density at radius 3 is 2.79 bits per heavy atom. The maximum Gasteiger partial charge on any atom is 0.344 e. The highest BCUT2D eigenvalue weighted by molar-refractivity contribution is 6.30. The highest BCUT2D eigenvalue weighted by Gasteiger charge is 2.50. The van der Waals surface area contributed by atoms with Gasteiger partial charge in [-0.2, -0.15) is 0 Å². The number of halogens is 1. The van der Waals surface area contributed by atoms with Crippen LogP contribution in [0.2, 0.25) is 5.02 Å². The van der Waals surface area contributed by atoms with E-state index in [4.69, 9.17) is 16.3 Å². The first-order valence-corrected chi connectivity index (χ1v) is 9.01. The van der Waals surface area contributed by atoms with Crippen LogP contribution in [-0.4, -0.2) is 17.2 Å². The second kappa shape index (κ2) is 6.44. The molecule has 3 aliphatic carbocycles. The first kappa shape index (κ1) is 17.3. The normalized spacial score (nSPS) is 25.4. The van der Waals surface area contributed by atoms with Crippen LogP contribution >= 0.6 is 11.6 Å². The van der Waals surface area contributed by atoms with Gasteiger partial charge in [0, 0.05) is 5.02 Å². The lowest BCUT2D eigenvalue weighted by atomic mass is 9.48. The third-order valence-corrected chi connectivity index (χ3v) is 6.19. The summed E-state index contributed by atoms with van der Waals surface area (Å²) in [6.45, 7) is 6.54. The smallest absolute Gasteiger partial charge is 0.344 e. The molecule has 0 spiro atoms. The maximum atomic E-state index is 11.6. The molecule has 1 aromatic carbocycles. The molecule has 3 unspecified atom stereocenters. The van der Waals surface area contributed by atoms with E-state index in [1.165, 1.54) is 12.0 Å². The number of aliphatic carboxylic acids is 1. The summed E-state index contributed by atoms with van der Waals surface area (Å²) in [5.41, 5.74) is 2.65. The molecular formula is C20H25ClO3. The second-order valence-electron chi connectivity index (χ2n) is 7.71. The number of hydrogen-bond donors (Lipinski definition) is 1. The lowest BCUT2D eigenvalue weighted by Gasteiger charge is -2.56. The van der Waals surface area contributed by atoms with Crippen molar-refractivity contribution in [1.29, 1.82) is 0 Å². The molecule has 0 amide bonds. The van der Waals surface area contributed by atoms with Gasteiger partial charge in [0.1, 0.15) is 5.75 Å². The zero-order valence-corrected chi connectivity index (χ0v) is 15.3. The van der Waals surface area contributed by atoms with E-state index in [2.05, 4.69) is 19.9 Å². The summed E-state index contributed by atoms with van der Waals surface area (Å²) in [6.07, 6.45) is 5.19. The summed E-state index contributed by atoms with van der Waals surface area (Å²) < 4.78 is 5.77. The summed E-state index contributed by atoms with van der Waals surface area (Å²) in [4.78, 5) is 11.6. The van der Waals surface area contributed by atoms with E-state index in [0.717, 1.165) is 24.3 Å². The molecule has 4 rings (SSSR count). The Labute approximate surface area is 148 Å². The Balaban J connectivity index is 1.65. The van der Waals surface area contributed by atoms with Gasteiger partial charge in [-0.05, 0) is 73.6 Å². The minimum absolute atomic E-state index is 0.371. The number of benzene rings is 1. The fraction of sp³-hybridized carbons (Fsp3) is 0.550. The van der Waals surface area contributed by atoms with Crippen LogP contribution in [0.1, 0.15) is 45.1 Å². The van der Waals surface area contributed by atoms with Crippen LogP contribution in [0.5, 0.6) is 5.75 Å². The number of allylic oxidation sites excluding steroid dienone is 2. The van der Waals surface area contributed by atoms with E-state index < -0.39 is 12.1 Å². The molecule has 0 heterocycles. The Hall–Kier alpha value is -1.48. The molecule has 2 bridgehead atoms. The van der Waals surface area contributed by atoms with Crippen LogP contribution in [-0.2, 0) is 4.79 Å². The summed E-state index contributed by atoms with van der Waals surface area (Å²) >= 11 is 5.95. The predicted octanol–water partition coefficient (Wildman–Crippen LogP) is 5.25. The summed E-state index contributed by atoms with van der Waals surface area (Å²) in [7, 11) is 0. The molecule has 3 atom stereocenters. The maximum absolute atomic E-state index is 11.6. The van der Waals surface area contributed by atoms with Gasteiger partial charge in [-0.3, -0.25) is 0 Å². The molecule has 1 aromatic rings. The van der Waals surface area contributed by atoms with Crippen molar-refractivity contribution >= 4 is 17.6 Å². The van der Waals surface area contributed by atoms with Crippen molar-refractivity contribution in [2.45, 2.75) is 52.6 Å². The van der Waals surface area contributed by atoms with Gasteiger partial charge < -0.3 is 9.84 Å². The van der Waals surface area contributed by atoms with Gasteiger partial charge in [0.2, 0.25) is 0 Å². The minimum atomic E-state index is -0.911. The number of rotatable bonds is 6. The van der Waals surface area contributed by atoms with Crippen molar-refractivity contribution in [1.82, 2.24) is 0 Å². The highest BCUT2D eigenvalue weighted by Crippen LogP contribution is 2.59. The van der Waals surface area contributed by atoms with Gasteiger partial charge in [-0.15, -0.1) is 0 Å². The minimum Gasteiger partial charge on any atom is -0.479 e. The molecule has 1 N–H and O–H groups in total. The molecule has 24 heavy (non-hydrogen) atoms.